The zero-order chi connectivity index (χ0) is 7.47. The largest absolute Gasteiger partial charge is 0.249 e. The second kappa shape index (κ2) is 2.06. The molecule has 0 unspecified atom stereocenters. The molecule has 3 aliphatic rings. The highest BCUT2D eigenvalue weighted by Crippen LogP contribution is 2.65. The number of hydrogen-bond acceptors (Lipinski definition) is 1. The molecular formula is C6H12N3PS. The van der Waals surface area contributed by atoms with E-state index in [0.717, 1.165) is 0 Å². The molecule has 0 aromatic heterocycles. The van der Waals surface area contributed by atoms with Crippen molar-refractivity contribution in [1.29, 1.82) is 0 Å². The van der Waals surface area contributed by atoms with Gasteiger partial charge in [-0.25, -0.2) is 14.0 Å². The minimum absolute atomic E-state index is 1.23. The molecule has 11 heavy (non-hydrogen) atoms. The SMILES string of the molecule is S=P12N3CCN1CCN2CC3. The van der Waals surface area contributed by atoms with Crippen molar-refractivity contribution in [3.63, 3.8) is 0 Å². The summed E-state index contributed by atoms with van der Waals surface area (Å²) in [5.41, 5.74) is 0. The molecule has 0 amide bonds. The molecule has 3 fully saturated rings. The van der Waals surface area contributed by atoms with Crippen molar-refractivity contribution in [2.24, 2.45) is 0 Å². The number of hydrogen-bond donors (Lipinski definition) is 0. The Labute approximate surface area is 72.1 Å². The van der Waals surface area contributed by atoms with E-state index in [4.69, 9.17) is 11.8 Å². The molecule has 3 heterocycles. The van der Waals surface area contributed by atoms with Crippen LogP contribution in [-0.4, -0.2) is 53.3 Å². The van der Waals surface area contributed by atoms with Crippen LogP contribution in [0.15, 0.2) is 0 Å². The van der Waals surface area contributed by atoms with E-state index < -0.39 is 6.49 Å². The lowest BCUT2D eigenvalue weighted by Crippen LogP contribution is -2.12. The van der Waals surface area contributed by atoms with Crippen LogP contribution in [0.25, 0.3) is 0 Å². The van der Waals surface area contributed by atoms with E-state index in [1.807, 2.05) is 0 Å². The molecule has 0 aliphatic carbocycles. The quantitative estimate of drug-likeness (QED) is 0.502. The van der Waals surface area contributed by atoms with Gasteiger partial charge in [0.25, 0.3) is 0 Å². The Morgan fingerprint density at radius 2 is 1.00 bits per heavy atom. The van der Waals surface area contributed by atoms with Crippen LogP contribution in [0.1, 0.15) is 0 Å². The van der Waals surface area contributed by atoms with Crippen molar-refractivity contribution in [3.8, 4) is 0 Å². The predicted octanol–water partition coefficient (Wildman–Crippen LogP) is 0.158. The second-order valence-electron chi connectivity index (χ2n) is 3.37. The maximum atomic E-state index is 5.75. The summed E-state index contributed by atoms with van der Waals surface area (Å²) in [6.07, 6.45) is 0. The fourth-order valence-corrected chi connectivity index (χ4v) is 6.99. The summed E-state index contributed by atoms with van der Waals surface area (Å²) < 4.78 is 7.61. The summed E-state index contributed by atoms with van der Waals surface area (Å²) in [7, 11) is 0. The third kappa shape index (κ3) is 0.681. The molecule has 62 valence electrons. The smallest absolute Gasteiger partial charge is 0.145 e. The minimum atomic E-state index is -1.27. The van der Waals surface area contributed by atoms with Crippen LogP contribution >= 0.6 is 6.49 Å². The summed E-state index contributed by atoms with van der Waals surface area (Å²) in [6, 6.07) is 0. The zero-order valence-electron chi connectivity index (χ0n) is 6.44. The van der Waals surface area contributed by atoms with Crippen LogP contribution in [0.2, 0.25) is 0 Å². The molecule has 3 rings (SSSR count). The van der Waals surface area contributed by atoms with E-state index in [9.17, 15) is 0 Å². The van der Waals surface area contributed by atoms with Crippen LogP contribution < -0.4 is 0 Å². The molecule has 3 aliphatic heterocycles. The van der Waals surface area contributed by atoms with Gasteiger partial charge < -0.3 is 0 Å². The van der Waals surface area contributed by atoms with E-state index in [2.05, 4.69) is 14.0 Å². The van der Waals surface area contributed by atoms with E-state index in [1.165, 1.54) is 39.3 Å². The molecule has 0 radical (unpaired) electrons. The fourth-order valence-electron chi connectivity index (χ4n) is 2.35. The lowest BCUT2D eigenvalue weighted by molar-refractivity contribution is 0.495. The van der Waals surface area contributed by atoms with Crippen LogP contribution in [0.4, 0.5) is 0 Å². The minimum Gasteiger partial charge on any atom is -0.249 e. The molecule has 0 saturated carbocycles. The Bertz CT molecular complexity index is 194. The molecule has 0 atom stereocenters. The van der Waals surface area contributed by atoms with Gasteiger partial charge in [0.15, 0.2) is 0 Å². The Kier molecular flexibility index (Phi) is 1.31. The third-order valence-electron chi connectivity index (χ3n) is 2.95. The summed E-state index contributed by atoms with van der Waals surface area (Å²) in [4.78, 5) is 0. The molecule has 0 bridgehead atoms. The first-order valence-electron chi connectivity index (χ1n) is 4.18. The molecule has 3 nitrogen and oxygen atoms in total. The van der Waals surface area contributed by atoms with Gasteiger partial charge in [0.1, 0.15) is 6.49 Å². The van der Waals surface area contributed by atoms with Crippen molar-refractivity contribution >= 4 is 18.3 Å². The van der Waals surface area contributed by atoms with Gasteiger partial charge >= 0.3 is 0 Å². The van der Waals surface area contributed by atoms with Crippen LogP contribution in [0.5, 0.6) is 0 Å². The van der Waals surface area contributed by atoms with E-state index >= 15 is 0 Å². The van der Waals surface area contributed by atoms with Crippen molar-refractivity contribution in [2.75, 3.05) is 39.3 Å². The molecule has 0 aromatic rings. The van der Waals surface area contributed by atoms with Crippen LogP contribution in [-0.2, 0) is 11.8 Å². The summed E-state index contributed by atoms with van der Waals surface area (Å²) in [5.74, 6) is 0. The van der Waals surface area contributed by atoms with Gasteiger partial charge in [-0.15, -0.1) is 0 Å². The predicted molar refractivity (Wildman–Crippen MR) is 49.0 cm³/mol. The highest BCUT2D eigenvalue weighted by molar-refractivity contribution is 8.11. The van der Waals surface area contributed by atoms with Crippen LogP contribution in [0.3, 0.4) is 0 Å². The third-order valence-corrected chi connectivity index (χ3v) is 8.44. The van der Waals surface area contributed by atoms with Gasteiger partial charge in [-0.2, -0.15) is 0 Å². The first-order chi connectivity index (χ1) is 5.32. The van der Waals surface area contributed by atoms with Crippen molar-refractivity contribution in [2.45, 2.75) is 0 Å². The lowest BCUT2D eigenvalue weighted by atomic mass is 10.6. The maximum absolute atomic E-state index is 5.75. The maximum Gasteiger partial charge on any atom is 0.145 e. The highest BCUT2D eigenvalue weighted by Gasteiger charge is 2.50. The average molecular weight is 189 g/mol. The van der Waals surface area contributed by atoms with Gasteiger partial charge in [0.2, 0.25) is 0 Å². The topological polar surface area (TPSA) is 9.72 Å². The zero-order valence-corrected chi connectivity index (χ0v) is 8.15. The van der Waals surface area contributed by atoms with Gasteiger partial charge in [0.05, 0.1) is 0 Å². The average Bonchev–Trinajstić information content (AvgIpc) is 2.53. The van der Waals surface area contributed by atoms with Crippen LogP contribution in [0, 0.1) is 0 Å². The summed E-state index contributed by atoms with van der Waals surface area (Å²) in [6.45, 7) is 6.11. The number of rotatable bonds is 0. The Morgan fingerprint density at radius 1 is 0.727 bits per heavy atom. The Morgan fingerprint density at radius 3 is 1.27 bits per heavy atom. The van der Waals surface area contributed by atoms with E-state index in [1.54, 1.807) is 0 Å². The van der Waals surface area contributed by atoms with Crippen molar-refractivity contribution in [3.05, 3.63) is 0 Å². The van der Waals surface area contributed by atoms with Gasteiger partial charge in [-0.1, -0.05) is 0 Å². The normalized spacial score (nSPS) is 36.7. The number of nitrogens with zero attached hydrogens (tertiary/aromatic N) is 3. The lowest BCUT2D eigenvalue weighted by Gasteiger charge is -2.25. The molecular weight excluding hydrogens is 177 g/mol. The van der Waals surface area contributed by atoms with Gasteiger partial charge in [-0.05, 0) is 11.8 Å². The summed E-state index contributed by atoms with van der Waals surface area (Å²) >= 11 is 5.75. The fraction of sp³-hybridized carbons (Fsp3) is 1.00. The monoisotopic (exact) mass is 189 g/mol. The second-order valence-corrected chi connectivity index (χ2v) is 7.57. The molecule has 3 saturated heterocycles. The van der Waals surface area contributed by atoms with E-state index in [-0.39, 0.29) is 0 Å². The molecule has 5 heteroatoms. The first kappa shape index (κ1) is 6.98. The molecule has 0 spiro atoms. The van der Waals surface area contributed by atoms with Crippen molar-refractivity contribution in [1.82, 2.24) is 14.0 Å². The van der Waals surface area contributed by atoms with Gasteiger partial charge in [0, 0.05) is 39.3 Å². The first-order valence-corrected chi connectivity index (χ1v) is 6.84. The standard InChI is InChI=1S/C6H12N3PS/c11-10-7-1-2-8(10)5-6-9(10)4-3-7/h1-6H2. The highest BCUT2D eigenvalue weighted by atomic mass is 32.4. The molecule has 0 aromatic carbocycles. The molecule has 0 N–H and O–H groups in total. The van der Waals surface area contributed by atoms with E-state index in [0.29, 0.717) is 0 Å². The van der Waals surface area contributed by atoms with Crippen molar-refractivity contribution < 1.29 is 0 Å². The Hall–Kier alpha value is 0.530. The van der Waals surface area contributed by atoms with Gasteiger partial charge in [-0.3, -0.25) is 0 Å². The summed E-state index contributed by atoms with van der Waals surface area (Å²) in [5, 5.41) is 0. The Balaban J connectivity index is 2.11.